The summed E-state index contributed by atoms with van der Waals surface area (Å²) in [6, 6.07) is 7.58. The van der Waals surface area contributed by atoms with Crippen LogP contribution in [0.4, 0.5) is 4.79 Å². The number of rotatable bonds is 5. The molecule has 1 saturated carbocycles. The van der Waals surface area contributed by atoms with Crippen molar-refractivity contribution in [2.75, 3.05) is 20.2 Å². The van der Waals surface area contributed by atoms with Gasteiger partial charge in [-0.05, 0) is 43.4 Å². The van der Waals surface area contributed by atoms with Crippen molar-refractivity contribution >= 4 is 17.8 Å². The zero-order valence-corrected chi connectivity index (χ0v) is 17.7. The van der Waals surface area contributed by atoms with Gasteiger partial charge >= 0.3 is 6.03 Å². The number of hydrogen-bond acceptors (Lipinski definition) is 4. The molecule has 3 aliphatic rings. The van der Waals surface area contributed by atoms with Crippen LogP contribution in [0.5, 0.6) is 5.75 Å². The summed E-state index contributed by atoms with van der Waals surface area (Å²) in [5.41, 5.74) is 0.389. The van der Waals surface area contributed by atoms with Gasteiger partial charge in [-0.25, -0.2) is 4.79 Å². The molecule has 1 aliphatic carbocycles. The molecule has 4 amide bonds. The van der Waals surface area contributed by atoms with E-state index in [0.29, 0.717) is 19.4 Å². The van der Waals surface area contributed by atoms with Crippen LogP contribution in [0.15, 0.2) is 24.3 Å². The molecule has 2 saturated heterocycles. The minimum absolute atomic E-state index is 0.00527. The van der Waals surface area contributed by atoms with Crippen molar-refractivity contribution < 1.29 is 19.1 Å². The second kappa shape index (κ2) is 8.66. The lowest BCUT2D eigenvalue weighted by molar-refractivity contribution is -0.135. The topological polar surface area (TPSA) is 79.0 Å². The molecule has 1 aromatic rings. The van der Waals surface area contributed by atoms with Crippen molar-refractivity contribution in [3.63, 3.8) is 0 Å². The normalized spacial score (nSPS) is 23.6. The quantitative estimate of drug-likeness (QED) is 0.751. The van der Waals surface area contributed by atoms with Gasteiger partial charge in [0, 0.05) is 19.5 Å². The van der Waals surface area contributed by atoms with Crippen LogP contribution in [-0.4, -0.2) is 53.4 Å². The maximum atomic E-state index is 13.2. The van der Waals surface area contributed by atoms with Crippen LogP contribution in [-0.2, 0) is 9.59 Å². The number of amides is 4. The largest absolute Gasteiger partial charge is 0.497 e. The number of nitrogens with zero attached hydrogens (tertiary/aromatic N) is 2. The van der Waals surface area contributed by atoms with Gasteiger partial charge in [0.2, 0.25) is 5.91 Å². The zero-order chi connectivity index (χ0) is 21.1. The van der Waals surface area contributed by atoms with Gasteiger partial charge in [-0.15, -0.1) is 0 Å². The highest BCUT2D eigenvalue weighted by Crippen LogP contribution is 2.35. The first-order chi connectivity index (χ1) is 14.5. The molecule has 1 spiro atoms. The summed E-state index contributed by atoms with van der Waals surface area (Å²) in [4.78, 5) is 41.6. The van der Waals surface area contributed by atoms with E-state index in [0.717, 1.165) is 49.8 Å². The third-order valence-corrected chi connectivity index (χ3v) is 6.83. The number of hydrogen-bond donors (Lipinski definition) is 1. The highest BCUT2D eigenvalue weighted by Gasteiger charge is 2.52. The molecule has 3 fully saturated rings. The van der Waals surface area contributed by atoms with Crippen LogP contribution in [0.1, 0.15) is 69.4 Å². The fourth-order valence-corrected chi connectivity index (χ4v) is 5.13. The second-order valence-electron chi connectivity index (χ2n) is 8.65. The van der Waals surface area contributed by atoms with Crippen molar-refractivity contribution in [2.45, 2.75) is 69.4 Å². The Hall–Kier alpha value is -2.57. The fourth-order valence-electron chi connectivity index (χ4n) is 5.13. The highest BCUT2D eigenvalue weighted by molar-refractivity contribution is 6.07. The van der Waals surface area contributed by atoms with Gasteiger partial charge in [0.15, 0.2) is 0 Å². The van der Waals surface area contributed by atoms with E-state index in [1.807, 2.05) is 29.2 Å². The molecule has 30 heavy (non-hydrogen) atoms. The number of imide groups is 1. The smallest absolute Gasteiger partial charge is 0.325 e. The Bertz CT molecular complexity index is 801. The molecule has 0 bridgehead atoms. The molecule has 2 aliphatic heterocycles. The maximum Gasteiger partial charge on any atom is 0.325 e. The Morgan fingerprint density at radius 2 is 1.83 bits per heavy atom. The predicted octanol–water partition coefficient (Wildman–Crippen LogP) is 3.39. The number of ether oxygens (including phenoxy) is 1. The van der Waals surface area contributed by atoms with Gasteiger partial charge in [0.25, 0.3) is 5.91 Å². The van der Waals surface area contributed by atoms with E-state index < -0.39 is 5.54 Å². The number of likely N-dealkylation sites (tertiary alicyclic amines) is 1. The van der Waals surface area contributed by atoms with Crippen LogP contribution in [0.3, 0.4) is 0 Å². The molecular weight excluding hydrogens is 382 g/mol. The Morgan fingerprint density at radius 3 is 2.53 bits per heavy atom. The molecule has 7 nitrogen and oxygen atoms in total. The summed E-state index contributed by atoms with van der Waals surface area (Å²) < 4.78 is 5.25. The fraction of sp³-hybridized carbons (Fsp3) is 0.609. The van der Waals surface area contributed by atoms with E-state index in [4.69, 9.17) is 4.74 Å². The van der Waals surface area contributed by atoms with Crippen LogP contribution in [0.25, 0.3) is 0 Å². The van der Waals surface area contributed by atoms with Crippen LogP contribution in [0.2, 0.25) is 0 Å². The first-order valence-electron chi connectivity index (χ1n) is 11.1. The van der Waals surface area contributed by atoms with Crippen molar-refractivity contribution in [2.24, 2.45) is 0 Å². The van der Waals surface area contributed by atoms with Crippen LogP contribution >= 0.6 is 0 Å². The summed E-state index contributed by atoms with van der Waals surface area (Å²) in [6.07, 6.45) is 7.56. The lowest BCUT2D eigenvalue weighted by Gasteiger charge is -2.31. The van der Waals surface area contributed by atoms with Gasteiger partial charge in [0.05, 0.1) is 13.2 Å². The first kappa shape index (κ1) is 20.7. The SMILES string of the molecule is COc1ccc(C2CCCCCN2C(=O)CCN2C(=O)NC3(CCCC3)C2=O)cc1. The predicted molar refractivity (Wildman–Crippen MR) is 112 cm³/mol. The average molecular weight is 414 g/mol. The molecule has 2 heterocycles. The summed E-state index contributed by atoms with van der Waals surface area (Å²) in [6.45, 7) is 0.858. The van der Waals surface area contributed by atoms with Gasteiger partial charge in [0.1, 0.15) is 11.3 Å². The lowest BCUT2D eigenvalue weighted by atomic mass is 9.98. The first-order valence-corrected chi connectivity index (χ1v) is 11.1. The van der Waals surface area contributed by atoms with E-state index in [-0.39, 0.29) is 36.9 Å². The monoisotopic (exact) mass is 413 g/mol. The zero-order valence-electron chi connectivity index (χ0n) is 17.7. The molecule has 0 aromatic heterocycles. The van der Waals surface area contributed by atoms with E-state index in [9.17, 15) is 14.4 Å². The summed E-state index contributed by atoms with van der Waals surface area (Å²) in [7, 11) is 1.64. The highest BCUT2D eigenvalue weighted by atomic mass is 16.5. The maximum absolute atomic E-state index is 13.2. The van der Waals surface area contributed by atoms with Gasteiger partial charge in [-0.1, -0.05) is 37.8 Å². The molecule has 1 aromatic carbocycles. The molecule has 7 heteroatoms. The standard InChI is InChI=1S/C23H31N3O4/c1-30-18-10-8-17(9-11-18)19-7-3-2-6-15-25(19)20(27)12-16-26-21(28)23(24-22(26)29)13-4-5-14-23/h8-11,19H,2-7,12-16H2,1H3,(H,24,29). The number of nitrogens with one attached hydrogen (secondary N) is 1. The van der Waals surface area contributed by atoms with E-state index in [2.05, 4.69) is 5.32 Å². The Morgan fingerprint density at radius 1 is 1.10 bits per heavy atom. The number of benzene rings is 1. The molecule has 0 radical (unpaired) electrons. The lowest BCUT2D eigenvalue weighted by Crippen LogP contribution is -2.44. The number of carbonyl (C=O) groups excluding carboxylic acids is 3. The Balaban J connectivity index is 1.44. The molecule has 1 atom stereocenters. The van der Waals surface area contributed by atoms with Crippen molar-refractivity contribution in [3.8, 4) is 5.75 Å². The van der Waals surface area contributed by atoms with E-state index in [1.54, 1.807) is 7.11 Å². The third kappa shape index (κ3) is 3.89. The summed E-state index contributed by atoms with van der Waals surface area (Å²) >= 11 is 0. The summed E-state index contributed by atoms with van der Waals surface area (Å²) in [5.74, 6) is 0.649. The van der Waals surface area contributed by atoms with Gasteiger partial charge < -0.3 is 15.0 Å². The van der Waals surface area contributed by atoms with Gasteiger partial charge in [-0.2, -0.15) is 0 Å². The van der Waals surface area contributed by atoms with Crippen LogP contribution < -0.4 is 10.1 Å². The molecular formula is C23H31N3O4. The average Bonchev–Trinajstić information content (AvgIpc) is 3.21. The Labute approximate surface area is 177 Å². The van der Waals surface area contributed by atoms with Crippen molar-refractivity contribution in [1.82, 2.24) is 15.1 Å². The third-order valence-electron chi connectivity index (χ3n) is 6.83. The van der Waals surface area contributed by atoms with Crippen molar-refractivity contribution in [1.29, 1.82) is 0 Å². The number of carbonyl (C=O) groups is 3. The van der Waals surface area contributed by atoms with E-state index in [1.165, 1.54) is 4.90 Å². The molecule has 4 rings (SSSR count). The molecule has 1 unspecified atom stereocenters. The Kier molecular flexibility index (Phi) is 5.97. The van der Waals surface area contributed by atoms with Crippen molar-refractivity contribution in [3.05, 3.63) is 29.8 Å². The van der Waals surface area contributed by atoms with Gasteiger partial charge in [-0.3, -0.25) is 14.5 Å². The molecule has 1 N–H and O–H groups in total. The molecule has 162 valence electrons. The minimum atomic E-state index is -0.714. The van der Waals surface area contributed by atoms with Crippen LogP contribution in [0, 0.1) is 0 Å². The summed E-state index contributed by atoms with van der Waals surface area (Å²) in [5, 5.41) is 2.89. The van der Waals surface area contributed by atoms with E-state index >= 15 is 0 Å². The number of urea groups is 1. The minimum Gasteiger partial charge on any atom is -0.497 e. The number of methoxy groups -OCH3 is 1. The second-order valence-corrected chi connectivity index (χ2v) is 8.65.